The highest BCUT2D eigenvalue weighted by molar-refractivity contribution is 4.91. The van der Waals surface area contributed by atoms with E-state index in [1.807, 2.05) is 6.92 Å². The first kappa shape index (κ1) is 30.3. The van der Waals surface area contributed by atoms with Gasteiger partial charge in [-0.15, -0.1) is 0 Å². The van der Waals surface area contributed by atoms with Gasteiger partial charge in [-0.3, -0.25) is 0 Å². The zero-order valence-corrected chi connectivity index (χ0v) is 24.9. The normalized spacial score (nSPS) is 50.2. The Morgan fingerprint density at radius 1 is 0.444 bits per heavy atom. The summed E-state index contributed by atoms with van der Waals surface area (Å²) < 4.78 is 39.0. The van der Waals surface area contributed by atoms with Crippen molar-refractivity contribution in [1.29, 1.82) is 0 Å². The van der Waals surface area contributed by atoms with Gasteiger partial charge in [-0.1, -0.05) is 69.2 Å². The van der Waals surface area contributed by atoms with E-state index in [0.29, 0.717) is 30.3 Å². The lowest BCUT2D eigenvalue weighted by molar-refractivity contribution is -0.348. The van der Waals surface area contributed by atoms with Crippen molar-refractivity contribution in [3.05, 3.63) is 0 Å². The first-order chi connectivity index (χ1) is 17.1. The highest BCUT2D eigenvalue weighted by Crippen LogP contribution is 2.42. The Bertz CT molecular complexity index is 653. The van der Waals surface area contributed by atoms with Crippen molar-refractivity contribution in [2.45, 2.75) is 145 Å². The second-order valence-electron chi connectivity index (χ2n) is 12.0. The Balaban J connectivity index is 1.71. The molecule has 3 heterocycles. The molecule has 6 nitrogen and oxygen atoms in total. The van der Waals surface area contributed by atoms with Gasteiger partial charge in [0.25, 0.3) is 0 Å². The maximum absolute atomic E-state index is 6.80. The van der Waals surface area contributed by atoms with E-state index in [9.17, 15) is 0 Å². The van der Waals surface area contributed by atoms with Crippen LogP contribution in [0, 0.1) is 41.4 Å². The quantitative estimate of drug-likeness (QED) is 0.345. The Labute approximate surface area is 221 Å². The van der Waals surface area contributed by atoms with Crippen LogP contribution in [0.4, 0.5) is 0 Å². The lowest BCUT2D eigenvalue weighted by Crippen LogP contribution is -2.57. The van der Waals surface area contributed by atoms with Gasteiger partial charge < -0.3 is 28.4 Å². The SMILES string of the molecule is CCOC1OC(CC)[C@@H](O[C@@H]2OC(CC)[C@H](O[C@H]3OC(CC)[C@H](C)[C@H](C)C3C)[C@H](C)C2C)[C@H](C)C1C. The number of ether oxygens (including phenoxy) is 6. The molecule has 0 aromatic carbocycles. The third kappa shape index (κ3) is 6.15. The minimum atomic E-state index is -0.280. The smallest absolute Gasteiger partial charge is 0.161 e. The van der Waals surface area contributed by atoms with Crippen LogP contribution in [0.15, 0.2) is 0 Å². The topological polar surface area (TPSA) is 55.4 Å². The molecule has 7 unspecified atom stereocenters. The van der Waals surface area contributed by atoms with Crippen molar-refractivity contribution in [2.75, 3.05) is 6.61 Å². The molecule has 0 bridgehead atoms. The van der Waals surface area contributed by atoms with Crippen molar-refractivity contribution in [3.8, 4) is 0 Å². The summed E-state index contributed by atoms with van der Waals surface area (Å²) in [5, 5.41) is 0. The Morgan fingerprint density at radius 3 is 1.28 bits per heavy atom. The van der Waals surface area contributed by atoms with Gasteiger partial charge in [-0.05, 0) is 49.9 Å². The summed E-state index contributed by atoms with van der Waals surface area (Å²) in [6.07, 6.45) is 2.32. The molecular weight excluding hydrogens is 456 g/mol. The molecule has 3 fully saturated rings. The molecule has 212 valence electrons. The van der Waals surface area contributed by atoms with Crippen LogP contribution in [0.25, 0.3) is 0 Å². The summed E-state index contributed by atoms with van der Waals surface area (Å²) in [6, 6.07) is 0. The molecule has 6 heteroatoms. The molecule has 3 aliphatic heterocycles. The van der Waals surface area contributed by atoms with E-state index < -0.39 is 0 Å². The van der Waals surface area contributed by atoms with E-state index in [1.54, 1.807) is 0 Å². The van der Waals surface area contributed by atoms with E-state index in [-0.39, 0.29) is 67.1 Å². The standard InChI is InChI=1S/C30H56O6/c1-12-23-17(6)16(5)20(9)29(32-23)35-27-19(8)22(11)30(34-25(27)14-3)36-26-18(7)21(10)28(31-15-4)33-24(26)13-2/h16-30H,12-15H2,1-11H3/t16-,17+,18+,19+,20?,21?,22?,23?,24?,25?,26-,27+,28?,29+,30-/m0/s1. The highest BCUT2D eigenvalue weighted by Gasteiger charge is 2.49. The average molecular weight is 513 g/mol. The van der Waals surface area contributed by atoms with Gasteiger partial charge in [0.15, 0.2) is 18.9 Å². The molecule has 0 saturated carbocycles. The van der Waals surface area contributed by atoms with Crippen LogP contribution in [-0.2, 0) is 28.4 Å². The predicted octanol–water partition coefficient (Wildman–Crippen LogP) is 6.65. The van der Waals surface area contributed by atoms with Gasteiger partial charge in [0.1, 0.15) is 0 Å². The summed E-state index contributed by atoms with van der Waals surface area (Å²) in [5.41, 5.74) is 0. The van der Waals surface area contributed by atoms with Gasteiger partial charge in [0.05, 0.1) is 30.5 Å². The van der Waals surface area contributed by atoms with Gasteiger partial charge in [0, 0.05) is 24.4 Å². The highest BCUT2D eigenvalue weighted by atomic mass is 16.7. The molecule has 0 aliphatic carbocycles. The lowest BCUT2D eigenvalue weighted by atomic mass is 9.78. The van der Waals surface area contributed by atoms with Crippen molar-refractivity contribution in [2.24, 2.45) is 41.4 Å². The van der Waals surface area contributed by atoms with Crippen molar-refractivity contribution in [3.63, 3.8) is 0 Å². The van der Waals surface area contributed by atoms with Crippen molar-refractivity contribution in [1.82, 2.24) is 0 Å². The second kappa shape index (κ2) is 13.2. The van der Waals surface area contributed by atoms with Crippen molar-refractivity contribution < 1.29 is 28.4 Å². The van der Waals surface area contributed by atoms with Gasteiger partial charge in [-0.25, -0.2) is 0 Å². The predicted molar refractivity (Wildman–Crippen MR) is 142 cm³/mol. The molecule has 0 N–H and O–H groups in total. The molecule has 3 aliphatic rings. The van der Waals surface area contributed by atoms with E-state index in [4.69, 9.17) is 28.4 Å². The summed E-state index contributed by atoms with van der Waals surface area (Å²) >= 11 is 0. The maximum Gasteiger partial charge on any atom is 0.161 e. The van der Waals surface area contributed by atoms with Crippen molar-refractivity contribution >= 4 is 0 Å². The molecule has 3 rings (SSSR count). The molecular formula is C30H56O6. The van der Waals surface area contributed by atoms with E-state index >= 15 is 0 Å². The van der Waals surface area contributed by atoms with Crippen LogP contribution in [0.5, 0.6) is 0 Å². The third-order valence-corrected chi connectivity index (χ3v) is 10.0. The molecule has 0 radical (unpaired) electrons. The zero-order valence-electron chi connectivity index (χ0n) is 24.9. The number of rotatable bonds is 9. The van der Waals surface area contributed by atoms with Gasteiger partial charge in [0.2, 0.25) is 0 Å². The molecule has 0 spiro atoms. The lowest BCUT2D eigenvalue weighted by Gasteiger charge is -2.51. The summed E-state index contributed by atoms with van der Waals surface area (Å²) in [4.78, 5) is 0. The van der Waals surface area contributed by atoms with Crippen LogP contribution in [-0.4, -0.2) is 56.0 Å². The first-order valence-electron chi connectivity index (χ1n) is 15.0. The fourth-order valence-electron chi connectivity index (χ4n) is 6.53. The Kier molecular flexibility index (Phi) is 11.1. The van der Waals surface area contributed by atoms with Crippen LogP contribution < -0.4 is 0 Å². The van der Waals surface area contributed by atoms with E-state index in [0.717, 1.165) is 19.3 Å². The fourth-order valence-corrected chi connectivity index (χ4v) is 6.53. The molecule has 0 aromatic heterocycles. The maximum atomic E-state index is 6.80. The minimum absolute atomic E-state index is 0.00107. The Morgan fingerprint density at radius 2 is 0.833 bits per heavy atom. The van der Waals surface area contributed by atoms with Crippen LogP contribution in [0.1, 0.15) is 95.4 Å². The minimum Gasteiger partial charge on any atom is -0.353 e. The van der Waals surface area contributed by atoms with Gasteiger partial charge >= 0.3 is 0 Å². The molecule has 0 amide bonds. The van der Waals surface area contributed by atoms with Crippen LogP contribution in [0.3, 0.4) is 0 Å². The first-order valence-corrected chi connectivity index (χ1v) is 15.0. The summed E-state index contributed by atoms with van der Waals surface area (Å²) in [6.45, 7) is 25.2. The summed E-state index contributed by atoms with van der Waals surface area (Å²) in [5.74, 6) is 2.50. The average Bonchev–Trinajstić information content (AvgIpc) is 2.87. The van der Waals surface area contributed by atoms with Gasteiger partial charge in [-0.2, -0.15) is 0 Å². The largest absolute Gasteiger partial charge is 0.353 e. The zero-order chi connectivity index (χ0) is 26.7. The molecule has 36 heavy (non-hydrogen) atoms. The second-order valence-corrected chi connectivity index (χ2v) is 12.0. The fraction of sp³-hybridized carbons (Fsp3) is 1.00. The molecule has 15 atom stereocenters. The monoisotopic (exact) mass is 512 g/mol. The van der Waals surface area contributed by atoms with E-state index in [1.165, 1.54) is 0 Å². The summed E-state index contributed by atoms with van der Waals surface area (Å²) in [7, 11) is 0. The number of hydrogen-bond acceptors (Lipinski definition) is 6. The van der Waals surface area contributed by atoms with Crippen LogP contribution in [0.2, 0.25) is 0 Å². The van der Waals surface area contributed by atoms with Crippen LogP contribution >= 0.6 is 0 Å². The number of hydrogen-bond donors (Lipinski definition) is 0. The Hall–Kier alpha value is -0.240. The van der Waals surface area contributed by atoms with E-state index in [2.05, 4.69) is 69.2 Å². The molecule has 3 saturated heterocycles. The molecule has 0 aromatic rings. The third-order valence-electron chi connectivity index (χ3n) is 10.0.